The molecule has 1 saturated heterocycles. The van der Waals surface area contributed by atoms with Crippen LogP contribution in [-0.4, -0.2) is 63.4 Å². The number of likely N-dealkylation sites (tertiary alicyclic amines) is 1. The average molecular weight is 494 g/mol. The molecule has 1 fully saturated rings. The molecule has 4 aromatic rings. The summed E-state index contributed by atoms with van der Waals surface area (Å²) >= 11 is 0. The second-order valence-corrected chi connectivity index (χ2v) is 9.72. The van der Waals surface area contributed by atoms with Crippen molar-refractivity contribution in [3.05, 3.63) is 96.2 Å². The van der Waals surface area contributed by atoms with Gasteiger partial charge < -0.3 is 9.80 Å². The highest BCUT2D eigenvalue weighted by molar-refractivity contribution is 5.95. The molecule has 0 N–H and O–H groups in total. The van der Waals surface area contributed by atoms with Gasteiger partial charge in [0.05, 0.1) is 6.20 Å². The molecule has 1 aliphatic heterocycles. The van der Waals surface area contributed by atoms with Crippen molar-refractivity contribution in [1.82, 2.24) is 24.8 Å². The molecular weight excluding hydrogens is 462 g/mol. The Morgan fingerprint density at radius 1 is 0.892 bits per heavy atom. The number of amides is 2. The third-order valence-electron chi connectivity index (χ3n) is 6.91. The smallest absolute Gasteiger partial charge is 0.345 e. The molecule has 0 spiro atoms. The van der Waals surface area contributed by atoms with Crippen LogP contribution in [0.1, 0.15) is 35.2 Å². The Hall–Kier alpha value is -4.26. The minimum absolute atomic E-state index is 0.0283. The lowest BCUT2D eigenvalue weighted by molar-refractivity contribution is 0.0827. The highest BCUT2D eigenvalue weighted by Gasteiger charge is 2.28. The molecule has 7 heteroatoms. The molecule has 2 heterocycles. The molecule has 0 radical (unpaired) electrons. The Kier molecular flexibility index (Phi) is 7.12. The first kappa shape index (κ1) is 24.4. The summed E-state index contributed by atoms with van der Waals surface area (Å²) in [5, 5.41) is 8.46. The number of hydrogen-bond donors (Lipinski definition) is 0. The van der Waals surface area contributed by atoms with Gasteiger partial charge in [-0.1, -0.05) is 71.9 Å². The summed E-state index contributed by atoms with van der Waals surface area (Å²) < 4.78 is 1.36. The third kappa shape index (κ3) is 5.45. The number of nitrogens with zero attached hydrogens (tertiary/aromatic N) is 5. The van der Waals surface area contributed by atoms with Gasteiger partial charge in [-0.3, -0.25) is 4.79 Å². The van der Waals surface area contributed by atoms with Crippen molar-refractivity contribution >= 4 is 11.9 Å². The zero-order chi connectivity index (χ0) is 25.8. The van der Waals surface area contributed by atoms with Crippen LogP contribution in [0.4, 0.5) is 4.79 Å². The second kappa shape index (κ2) is 10.8. The molecule has 0 aliphatic carbocycles. The van der Waals surface area contributed by atoms with Crippen LogP contribution in [0.15, 0.2) is 85.1 Å². The molecule has 2 amide bonds. The van der Waals surface area contributed by atoms with Crippen molar-refractivity contribution in [2.24, 2.45) is 0 Å². The summed E-state index contributed by atoms with van der Waals surface area (Å²) in [6, 6.07) is 25.9. The van der Waals surface area contributed by atoms with E-state index in [4.69, 9.17) is 0 Å². The molecule has 0 saturated carbocycles. The van der Waals surface area contributed by atoms with Gasteiger partial charge in [0, 0.05) is 37.8 Å². The van der Waals surface area contributed by atoms with Gasteiger partial charge in [0.25, 0.3) is 5.91 Å². The normalized spacial score (nSPS) is 15.4. The highest BCUT2D eigenvalue weighted by Crippen LogP contribution is 2.26. The van der Waals surface area contributed by atoms with E-state index in [2.05, 4.69) is 22.4 Å². The van der Waals surface area contributed by atoms with Gasteiger partial charge in [0.2, 0.25) is 0 Å². The molecule has 1 aliphatic rings. The van der Waals surface area contributed by atoms with Crippen LogP contribution in [0.2, 0.25) is 0 Å². The van der Waals surface area contributed by atoms with E-state index in [9.17, 15) is 9.59 Å². The number of hydrogen-bond acceptors (Lipinski definition) is 4. The van der Waals surface area contributed by atoms with E-state index in [-0.39, 0.29) is 18.0 Å². The van der Waals surface area contributed by atoms with Crippen LogP contribution >= 0.6 is 0 Å². The molecule has 188 valence electrons. The Morgan fingerprint density at radius 2 is 1.65 bits per heavy atom. The zero-order valence-electron chi connectivity index (χ0n) is 21.2. The Labute approximate surface area is 217 Å². The summed E-state index contributed by atoms with van der Waals surface area (Å²) in [5.74, 6) is -0.0283. The number of piperidine rings is 1. The van der Waals surface area contributed by atoms with Crippen molar-refractivity contribution in [2.45, 2.75) is 31.7 Å². The van der Waals surface area contributed by atoms with E-state index in [0.717, 1.165) is 48.9 Å². The average Bonchev–Trinajstić information content (AvgIpc) is 3.44. The fourth-order valence-electron chi connectivity index (χ4n) is 4.90. The van der Waals surface area contributed by atoms with Gasteiger partial charge in [-0.05, 0) is 54.5 Å². The number of rotatable bonds is 5. The van der Waals surface area contributed by atoms with Gasteiger partial charge in [-0.15, -0.1) is 5.10 Å². The third-order valence-corrected chi connectivity index (χ3v) is 6.91. The largest absolute Gasteiger partial charge is 0.346 e. The van der Waals surface area contributed by atoms with E-state index >= 15 is 0 Å². The fraction of sp³-hybridized carbons (Fsp3) is 0.267. The predicted molar refractivity (Wildman–Crippen MR) is 144 cm³/mol. The van der Waals surface area contributed by atoms with E-state index in [1.807, 2.05) is 71.6 Å². The van der Waals surface area contributed by atoms with Crippen molar-refractivity contribution < 1.29 is 9.59 Å². The van der Waals surface area contributed by atoms with Crippen LogP contribution in [0.25, 0.3) is 22.4 Å². The van der Waals surface area contributed by atoms with Crippen LogP contribution in [-0.2, 0) is 6.42 Å². The van der Waals surface area contributed by atoms with Gasteiger partial charge in [0.15, 0.2) is 0 Å². The van der Waals surface area contributed by atoms with Crippen LogP contribution in [0, 0.1) is 0 Å². The minimum Gasteiger partial charge on any atom is -0.345 e. The van der Waals surface area contributed by atoms with Gasteiger partial charge in [-0.25, -0.2) is 4.79 Å². The molecule has 1 unspecified atom stereocenters. The van der Waals surface area contributed by atoms with Gasteiger partial charge in [0.1, 0.15) is 5.69 Å². The fourth-order valence-corrected chi connectivity index (χ4v) is 4.90. The quantitative estimate of drug-likeness (QED) is 0.374. The number of carbonyl (C=O) groups excluding carboxylic acids is 2. The first-order valence-electron chi connectivity index (χ1n) is 12.7. The maximum absolute atomic E-state index is 13.4. The SMILES string of the molecule is CN(C)C(=O)c1cccc(-c2ccc(-c3cn(C(=O)N4CCCCC4Cc4ccccc4)nn3)cc2)c1. The minimum atomic E-state index is -0.127. The lowest BCUT2D eigenvalue weighted by atomic mass is 9.96. The predicted octanol–water partition coefficient (Wildman–Crippen LogP) is 5.38. The van der Waals surface area contributed by atoms with Crippen molar-refractivity contribution in [3.63, 3.8) is 0 Å². The van der Waals surface area contributed by atoms with Crippen LogP contribution < -0.4 is 0 Å². The molecule has 37 heavy (non-hydrogen) atoms. The summed E-state index contributed by atoms with van der Waals surface area (Å²) in [5.41, 5.74) is 5.38. The van der Waals surface area contributed by atoms with E-state index in [1.54, 1.807) is 25.2 Å². The highest BCUT2D eigenvalue weighted by atomic mass is 16.2. The molecule has 5 rings (SSSR count). The monoisotopic (exact) mass is 493 g/mol. The second-order valence-electron chi connectivity index (χ2n) is 9.72. The zero-order valence-corrected chi connectivity index (χ0v) is 21.2. The van der Waals surface area contributed by atoms with E-state index in [1.165, 1.54) is 10.2 Å². The maximum atomic E-state index is 13.4. The lowest BCUT2D eigenvalue weighted by Crippen LogP contribution is -2.46. The molecule has 3 aromatic carbocycles. The Balaban J connectivity index is 1.31. The number of aromatic nitrogens is 3. The van der Waals surface area contributed by atoms with Gasteiger partial charge in [-0.2, -0.15) is 4.68 Å². The molecular formula is C30H31N5O2. The van der Waals surface area contributed by atoms with E-state index in [0.29, 0.717) is 11.3 Å². The van der Waals surface area contributed by atoms with Crippen molar-refractivity contribution in [3.8, 4) is 22.4 Å². The molecule has 1 aromatic heterocycles. The Morgan fingerprint density at radius 3 is 2.41 bits per heavy atom. The first-order chi connectivity index (χ1) is 18.0. The first-order valence-corrected chi connectivity index (χ1v) is 12.7. The topological polar surface area (TPSA) is 71.3 Å². The maximum Gasteiger partial charge on any atom is 0.346 e. The van der Waals surface area contributed by atoms with Crippen molar-refractivity contribution in [2.75, 3.05) is 20.6 Å². The van der Waals surface area contributed by atoms with Crippen LogP contribution in [0.3, 0.4) is 0 Å². The lowest BCUT2D eigenvalue weighted by Gasteiger charge is -2.35. The molecule has 1 atom stereocenters. The standard InChI is InChI=1S/C30H31N5O2/c1-33(2)29(36)26-12-8-11-25(20-26)23-14-16-24(17-15-23)28-21-35(32-31-28)30(37)34-18-7-6-13-27(34)19-22-9-4-3-5-10-22/h3-5,8-12,14-17,20-21,27H,6-7,13,18-19H2,1-2H3. The summed E-state index contributed by atoms with van der Waals surface area (Å²) in [6.45, 7) is 0.732. The molecule has 7 nitrogen and oxygen atoms in total. The summed E-state index contributed by atoms with van der Waals surface area (Å²) in [6.07, 6.45) is 5.67. The van der Waals surface area contributed by atoms with Crippen molar-refractivity contribution in [1.29, 1.82) is 0 Å². The summed E-state index contributed by atoms with van der Waals surface area (Å²) in [7, 11) is 3.49. The molecule has 0 bridgehead atoms. The van der Waals surface area contributed by atoms with Crippen LogP contribution in [0.5, 0.6) is 0 Å². The Bertz CT molecular complexity index is 1380. The summed E-state index contributed by atoms with van der Waals surface area (Å²) in [4.78, 5) is 29.2. The van der Waals surface area contributed by atoms with E-state index < -0.39 is 0 Å². The number of benzene rings is 3. The number of carbonyl (C=O) groups is 2. The van der Waals surface area contributed by atoms with Gasteiger partial charge >= 0.3 is 6.03 Å².